The highest BCUT2D eigenvalue weighted by Crippen LogP contribution is 2.46. The first-order chi connectivity index (χ1) is 15.4. The van der Waals surface area contributed by atoms with Crippen molar-refractivity contribution < 1.29 is 0 Å². The molecule has 1 aromatic heterocycles. The molecule has 2 heterocycles. The van der Waals surface area contributed by atoms with Crippen LogP contribution in [0.25, 0.3) is 11.0 Å². The first kappa shape index (κ1) is 20.6. The Hall–Kier alpha value is -2.29. The molecular weight excluding hydrogens is 378 g/mol. The van der Waals surface area contributed by atoms with E-state index in [0.717, 1.165) is 11.5 Å². The van der Waals surface area contributed by atoms with E-state index in [1.165, 1.54) is 94.7 Å². The minimum atomic E-state index is 0.525. The molecule has 1 aromatic carbocycles. The van der Waals surface area contributed by atoms with Crippen LogP contribution in [0.5, 0.6) is 0 Å². The fourth-order valence-electron chi connectivity index (χ4n) is 6.05. The molecule has 0 spiro atoms. The lowest BCUT2D eigenvalue weighted by Gasteiger charge is -2.29. The van der Waals surface area contributed by atoms with Crippen molar-refractivity contribution in [1.82, 2.24) is 9.55 Å². The number of imidazole rings is 1. The molecule has 164 valence electrons. The number of fused-ring (bicyclic) bond motifs is 6. The first-order valence-electron chi connectivity index (χ1n) is 12.7. The summed E-state index contributed by atoms with van der Waals surface area (Å²) in [6, 6.07) is 17.6. The lowest BCUT2D eigenvalue weighted by Crippen LogP contribution is -2.19. The summed E-state index contributed by atoms with van der Waals surface area (Å²) < 4.78 is 2.58. The van der Waals surface area contributed by atoms with Gasteiger partial charge in [0.15, 0.2) is 0 Å². The van der Waals surface area contributed by atoms with Gasteiger partial charge in [-0.2, -0.15) is 0 Å². The Bertz CT molecular complexity index is 985. The average molecular weight is 416 g/mol. The minimum absolute atomic E-state index is 0.525. The van der Waals surface area contributed by atoms with E-state index < -0.39 is 0 Å². The molecule has 2 aliphatic carbocycles. The molecule has 2 atom stereocenters. The molecular formula is C28H37N3. The molecule has 0 amide bonds. The van der Waals surface area contributed by atoms with Crippen LogP contribution in [0, 0.1) is 5.92 Å². The summed E-state index contributed by atoms with van der Waals surface area (Å²) in [5, 5.41) is 3.91. The lowest BCUT2D eigenvalue weighted by atomic mass is 9.82. The third-order valence-corrected chi connectivity index (χ3v) is 7.57. The molecule has 2 unspecified atom stereocenters. The second-order valence-electron chi connectivity index (χ2n) is 9.63. The molecule has 3 heteroatoms. The summed E-state index contributed by atoms with van der Waals surface area (Å²) >= 11 is 0. The Morgan fingerprint density at radius 3 is 2.26 bits per heavy atom. The van der Waals surface area contributed by atoms with Gasteiger partial charge in [0.25, 0.3) is 0 Å². The van der Waals surface area contributed by atoms with Gasteiger partial charge in [0.1, 0.15) is 0 Å². The summed E-state index contributed by atoms with van der Waals surface area (Å²) in [5.74, 6) is 1.73. The number of anilines is 1. The fourth-order valence-corrected chi connectivity index (χ4v) is 6.05. The topological polar surface area (TPSA) is 29.9 Å². The number of rotatable bonds is 0. The van der Waals surface area contributed by atoms with Crippen molar-refractivity contribution in [3.8, 4) is 0 Å². The number of hydrogen-bond donors (Lipinski definition) is 1. The standard InChI is InChI=1S/C28H37N3/c1-2-6-12-18-24-22(16-10-5-1)23-17-11-9-15-20-26(23)31-27-21-14-8-4-3-7-13-19-25(27)30-28(31)29-24/h3-4,7-8,13-14,19,21,23,26H,1-2,5-6,9-12,15-18,20H2,(H,29,30). The molecule has 1 saturated carbocycles. The van der Waals surface area contributed by atoms with Crippen molar-refractivity contribution >= 4 is 17.0 Å². The van der Waals surface area contributed by atoms with E-state index in [0.29, 0.717) is 12.0 Å². The van der Waals surface area contributed by atoms with Crippen molar-refractivity contribution in [3.63, 3.8) is 0 Å². The van der Waals surface area contributed by atoms with Crippen LogP contribution in [-0.2, 0) is 0 Å². The summed E-state index contributed by atoms with van der Waals surface area (Å²) in [6.45, 7) is 0. The largest absolute Gasteiger partial charge is 0.329 e. The van der Waals surface area contributed by atoms with E-state index in [-0.39, 0.29) is 0 Å². The van der Waals surface area contributed by atoms with E-state index in [4.69, 9.17) is 4.98 Å². The van der Waals surface area contributed by atoms with Crippen molar-refractivity contribution in [2.24, 2.45) is 5.92 Å². The van der Waals surface area contributed by atoms with Crippen molar-refractivity contribution in [2.75, 3.05) is 5.32 Å². The van der Waals surface area contributed by atoms with Crippen molar-refractivity contribution in [3.05, 3.63) is 59.8 Å². The number of allylic oxidation sites excluding steroid dienone is 2. The Balaban J connectivity index is 1.68. The molecule has 1 N–H and O–H groups in total. The Kier molecular flexibility index (Phi) is 6.57. The molecule has 0 bridgehead atoms. The predicted molar refractivity (Wildman–Crippen MR) is 131 cm³/mol. The van der Waals surface area contributed by atoms with E-state index >= 15 is 0 Å². The SMILES string of the molecule is c1ccccc2c(ccc1)nc1n2C2CCCCCC2C2=C(CCCCCCCC2)N1. The van der Waals surface area contributed by atoms with Gasteiger partial charge in [-0.3, -0.25) is 0 Å². The molecule has 0 radical (unpaired) electrons. The zero-order valence-corrected chi connectivity index (χ0v) is 18.9. The van der Waals surface area contributed by atoms with Crippen LogP contribution in [-0.4, -0.2) is 9.55 Å². The highest BCUT2D eigenvalue weighted by Gasteiger charge is 2.34. The maximum Gasteiger partial charge on any atom is 0.208 e. The second-order valence-corrected chi connectivity index (χ2v) is 9.63. The number of hydrogen-bond acceptors (Lipinski definition) is 2. The molecule has 3 nitrogen and oxygen atoms in total. The van der Waals surface area contributed by atoms with Gasteiger partial charge >= 0.3 is 0 Å². The predicted octanol–water partition coefficient (Wildman–Crippen LogP) is 8.10. The fraction of sp³-hybridized carbons (Fsp3) is 0.536. The third kappa shape index (κ3) is 4.51. The number of nitrogens with one attached hydrogen (secondary N) is 1. The summed E-state index contributed by atoms with van der Waals surface area (Å²) in [6.07, 6.45) is 17.4. The van der Waals surface area contributed by atoms with Crippen LogP contribution in [0.4, 0.5) is 5.95 Å². The van der Waals surface area contributed by atoms with Crippen LogP contribution in [0.3, 0.4) is 0 Å². The van der Waals surface area contributed by atoms with Crippen LogP contribution >= 0.6 is 0 Å². The summed E-state index contributed by atoms with van der Waals surface area (Å²) in [7, 11) is 0. The maximum absolute atomic E-state index is 5.16. The molecule has 1 aliphatic heterocycles. The van der Waals surface area contributed by atoms with E-state index in [2.05, 4.69) is 58.4 Å². The first-order valence-corrected chi connectivity index (χ1v) is 12.7. The molecule has 2 aromatic rings. The van der Waals surface area contributed by atoms with E-state index in [1.807, 2.05) is 0 Å². The Labute approximate surface area is 187 Å². The van der Waals surface area contributed by atoms with Gasteiger partial charge < -0.3 is 9.88 Å². The Morgan fingerprint density at radius 1 is 0.710 bits per heavy atom. The van der Waals surface area contributed by atoms with E-state index in [9.17, 15) is 0 Å². The van der Waals surface area contributed by atoms with Gasteiger partial charge in [0.05, 0.1) is 11.0 Å². The normalized spacial score (nSPS) is 24.5. The van der Waals surface area contributed by atoms with Gasteiger partial charge in [-0.05, 0) is 56.2 Å². The maximum atomic E-state index is 5.16. The molecule has 3 aliphatic rings. The quantitative estimate of drug-likeness (QED) is 0.471. The van der Waals surface area contributed by atoms with Crippen LogP contribution in [0.1, 0.15) is 89.5 Å². The van der Waals surface area contributed by atoms with Crippen LogP contribution in [0.2, 0.25) is 0 Å². The highest BCUT2D eigenvalue weighted by molar-refractivity contribution is 5.78. The average Bonchev–Trinajstić information content (AvgIpc) is 2.91. The zero-order valence-electron chi connectivity index (χ0n) is 18.9. The molecule has 5 rings (SSSR count). The summed E-state index contributed by atoms with van der Waals surface area (Å²) in [5.41, 5.74) is 5.61. The molecule has 31 heavy (non-hydrogen) atoms. The highest BCUT2D eigenvalue weighted by atomic mass is 15.2. The van der Waals surface area contributed by atoms with Crippen molar-refractivity contribution in [1.29, 1.82) is 0 Å². The van der Waals surface area contributed by atoms with Gasteiger partial charge in [0, 0.05) is 17.7 Å². The van der Waals surface area contributed by atoms with Gasteiger partial charge in [0.2, 0.25) is 5.95 Å². The second kappa shape index (κ2) is 9.89. The molecule has 0 saturated heterocycles. The number of aromatic nitrogens is 2. The van der Waals surface area contributed by atoms with Crippen LogP contribution < -0.4 is 5.32 Å². The van der Waals surface area contributed by atoms with Crippen LogP contribution in [0.15, 0.2) is 59.8 Å². The van der Waals surface area contributed by atoms with Gasteiger partial charge in [-0.15, -0.1) is 0 Å². The lowest BCUT2D eigenvalue weighted by molar-refractivity contribution is 0.353. The third-order valence-electron chi connectivity index (χ3n) is 7.57. The Morgan fingerprint density at radius 2 is 1.39 bits per heavy atom. The molecule has 1 fully saturated rings. The minimum Gasteiger partial charge on any atom is -0.329 e. The van der Waals surface area contributed by atoms with Crippen molar-refractivity contribution in [2.45, 2.75) is 89.5 Å². The number of nitrogens with zero attached hydrogens (tertiary/aromatic N) is 2. The zero-order chi connectivity index (χ0) is 20.9. The van der Waals surface area contributed by atoms with E-state index in [1.54, 1.807) is 5.57 Å². The smallest absolute Gasteiger partial charge is 0.208 e. The van der Waals surface area contributed by atoms with Gasteiger partial charge in [-0.1, -0.05) is 81.3 Å². The monoisotopic (exact) mass is 415 g/mol. The van der Waals surface area contributed by atoms with Gasteiger partial charge in [-0.25, -0.2) is 4.98 Å². The summed E-state index contributed by atoms with van der Waals surface area (Å²) in [4.78, 5) is 5.16.